The van der Waals surface area contributed by atoms with Crippen LogP contribution in [0.15, 0.2) is 42.5 Å². The summed E-state index contributed by atoms with van der Waals surface area (Å²) in [5, 5.41) is 11.2. The summed E-state index contributed by atoms with van der Waals surface area (Å²) in [5.41, 5.74) is 2.42. The molecular weight excluding hydrogens is 288 g/mol. The van der Waals surface area contributed by atoms with Crippen molar-refractivity contribution < 1.29 is 14.6 Å². The van der Waals surface area contributed by atoms with E-state index in [1.165, 1.54) is 0 Å². The molecule has 0 bridgehead atoms. The lowest BCUT2D eigenvalue weighted by Gasteiger charge is -2.17. The lowest BCUT2D eigenvalue weighted by atomic mass is 9.99. The van der Waals surface area contributed by atoms with E-state index in [9.17, 15) is 5.11 Å². The summed E-state index contributed by atoms with van der Waals surface area (Å²) in [7, 11) is 1.62. The van der Waals surface area contributed by atoms with E-state index in [0.29, 0.717) is 35.1 Å². The molecule has 0 fully saturated rings. The van der Waals surface area contributed by atoms with Crippen molar-refractivity contribution in [2.75, 3.05) is 20.3 Å². The monoisotopic (exact) mass is 306 g/mol. The lowest BCUT2D eigenvalue weighted by molar-refractivity contribution is 0.142. The predicted molar refractivity (Wildman–Crippen MR) is 84.1 cm³/mol. The Bertz CT molecular complexity index is 598. The number of aryl methyl sites for hydroxylation is 1. The van der Waals surface area contributed by atoms with Crippen molar-refractivity contribution in [3.63, 3.8) is 0 Å². The Morgan fingerprint density at radius 2 is 1.86 bits per heavy atom. The summed E-state index contributed by atoms with van der Waals surface area (Å²) in [6.45, 7) is 2.89. The van der Waals surface area contributed by atoms with Gasteiger partial charge in [0.1, 0.15) is 18.5 Å². The van der Waals surface area contributed by atoms with Gasteiger partial charge in [0, 0.05) is 23.3 Å². The minimum atomic E-state index is -0.822. The van der Waals surface area contributed by atoms with E-state index < -0.39 is 6.10 Å². The molecule has 0 aliphatic carbocycles. The molecule has 0 radical (unpaired) electrons. The molecule has 2 rings (SSSR count). The summed E-state index contributed by atoms with van der Waals surface area (Å²) >= 11 is 6.23. The number of rotatable bonds is 6. The molecule has 0 heterocycles. The highest BCUT2D eigenvalue weighted by Crippen LogP contribution is 2.33. The summed E-state index contributed by atoms with van der Waals surface area (Å²) in [6, 6.07) is 13.0. The van der Waals surface area contributed by atoms with Crippen molar-refractivity contribution in [3.8, 4) is 5.75 Å². The second kappa shape index (κ2) is 7.46. The van der Waals surface area contributed by atoms with Crippen molar-refractivity contribution in [1.82, 2.24) is 0 Å². The minimum absolute atomic E-state index is 0.432. The fourth-order valence-corrected chi connectivity index (χ4v) is 2.43. The summed E-state index contributed by atoms with van der Waals surface area (Å²) in [4.78, 5) is 0. The van der Waals surface area contributed by atoms with Crippen LogP contribution in [0.3, 0.4) is 0 Å². The predicted octanol–water partition coefficient (Wildman–Crippen LogP) is 3.76. The summed E-state index contributed by atoms with van der Waals surface area (Å²) in [5.74, 6) is 0.638. The SMILES string of the molecule is COCCOc1ccccc1C(O)c1ccc(C)cc1Cl. The third-order valence-corrected chi connectivity index (χ3v) is 3.54. The third kappa shape index (κ3) is 3.97. The van der Waals surface area contributed by atoms with Crippen LogP contribution >= 0.6 is 11.6 Å². The van der Waals surface area contributed by atoms with Gasteiger partial charge >= 0.3 is 0 Å². The summed E-state index contributed by atoms with van der Waals surface area (Å²) in [6.07, 6.45) is -0.822. The van der Waals surface area contributed by atoms with Crippen LogP contribution in [0.4, 0.5) is 0 Å². The van der Waals surface area contributed by atoms with Crippen LogP contribution in [-0.2, 0) is 4.74 Å². The smallest absolute Gasteiger partial charge is 0.125 e. The van der Waals surface area contributed by atoms with Gasteiger partial charge in [0.05, 0.1) is 6.61 Å². The van der Waals surface area contributed by atoms with Crippen LogP contribution in [0, 0.1) is 6.92 Å². The van der Waals surface area contributed by atoms with Crippen LogP contribution < -0.4 is 4.74 Å². The Morgan fingerprint density at radius 1 is 1.10 bits per heavy atom. The number of aliphatic hydroxyl groups is 1. The summed E-state index contributed by atoms with van der Waals surface area (Å²) < 4.78 is 10.6. The number of methoxy groups -OCH3 is 1. The largest absolute Gasteiger partial charge is 0.491 e. The maximum atomic E-state index is 10.6. The molecule has 0 aliphatic rings. The highest BCUT2D eigenvalue weighted by atomic mass is 35.5. The standard InChI is InChI=1S/C17H19ClO3/c1-12-7-8-13(15(18)11-12)17(19)14-5-3-4-6-16(14)21-10-9-20-2/h3-8,11,17,19H,9-10H2,1-2H3. The molecule has 0 aromatic heterocycles. The Morgan fingerprint density at radius 3 is 2.57 bits per heavy atom. The normalized spacial score (nSPS) is 12.2. The Labute approximate surface area is 130 Å². The molecule has 3 nitrogen and oxygen atoms in total. The number of para-hydroxylation sites is 1. The van der Waals surface area contributed by atoms with Crippen molar-refractivity contribution >= 4 is 11.6 Å². The number of hydrogen-bond donors (Lipinski definition) is 1. The minimum Gasteiger partial charge on any atom is -0.491 e. The van der Waals surface area contributed by atoms with Gasteiger partial charge in [-0.25, -0.2) is 0 Å². The third-order valence-electron chi connectivity index (χ3n) is 3.21. The molecule has 1 N–H and O–H groups in total. The number of benzene rings is 2. The van der Waals surface area contributed by atoms with Crippen LogP contribution in [0.25, 0.3) is 0 Å². The van der Waals surface area contributed by atoms with Crippen LogP contribution in [0.2, 0.25) is 5.02 Å². The first-order valence-corrected chi connectivity index (χ1v) is 7.16. The first kappa shape index (κ1) is 15.8. The Hall–Kier alpha value is -1.55. The number of hydrogen-bond acceptors (Lipinski definition) is 3. The zero-order chi connectivity index (χ0) is 15.2. The molecule has 2 aromatic rings. The second-order valence-electron chi connectivity index (χ2n) is 4.81. The molecule has 112 valence electrons. The van der Waals surface area contributed by atoms with Crippen LogP contribution in [-0.4, -0.2) is 25.4 Å². The topological polar surface area (TPSA) is 38.7 Å². The van der Waals surface area contributed by atoms with E-state index in [0.717, 1.165) is 5.56 Å². The van der Waals surface area contributed by atoms with Gasteiger partial charge in [-0.05, 0) is 24.6 Å². The van der Waals surface area contributed by atoms with Crippen LogP contribution in [0.1, 0.15) is 22.8 Å². The van der Waals surface area contributed by atoms with Gasteiger partial charge in [-0.1, -0.05) is 41.9 Å². The molecule has 0 amide bonds. The van der Waals surface area contributed by atoms with E-state index in [1.807, 2.05) is 49.4 Å². The maximum absolute atomic E-state index is 10.6. The molecular formula is C17H19ClO3. The average Bonchev–Trinajstić information content (AvgIpc) is 2.47. The highest BCUT2D eigenvalue weighted by molar-refractivity contribution is 6.31. The second-order valence-corrected chi connectivity index (χ2v) is 5.21. The zero-order valence-corrected chi connectivity index (χ0v) is 12.9. The molecule has 21 heavy (non-hydrogen) atoms. The van der Waals surface area contributed by atoms with Gasteiger partial charge < -0.3 is 14.6 Å². The van der Waals surface area contributed by atoms with Gasteiger partial charge in [-0.2, -0.15) is 0 Å². The van der Waals surface area contributed by atoms with Crippen molar-refractivity contribution in [1.29, 1.82) is 0 Å². The van der Waals surface area contributed by atoms with E-state index in [4.69, 9.17) is 21.1 Å². The van der Waals surface area contributed by atoms with Gasteiger partial charge in [-0.15, -0.1) is 0 Å². The Balaban J connectivity index is 2.27. The zero-order valence-electron chi connectivity index (χ0n) is 12.2. The molecule has 1 unspecified atom stereocenters. The van der Waals surface area contributed by atoms with Gasteiger partial charge in [-0.3, -0.25) is 0 Å². The van der Waals surface area contributed by atoms with E-state index >= 15 is 0 Å². The van der Waals surface area contributed by atoms with Gasteiger partial charge in [0.2, 0.25) is 0 Å². The van der Waals surface area contributed by atoms with Gasteiger partial charge in [0.25, 0.3) is 0 Å². The van der Waals surface area contributed by atoms with Crippen molar-refractivity contribution in [3.05, 3.63) is 64.2 Å². The molecule has 0 aliphatic heterocycles. The molecule has 0 saturated carbocycles. The molecule has 0 saturated heterocycles. The van der Waals surface area contributed by atoms with E-state index in [1.54, 1.807) is 7.11 Å². The van der Waals surface area contributed by atoms with Crippen molar-refractivity contribution in [2.24, 2.45) is 0 Å². The maximum Gasteiger partial charge on any atom is 0.125 e. The first-order chi connectivity index (χ1) is 10.1. The first-order valence-electron chi connectivity index (χ1n) is 6.78. The van der Waals surface area contributed by atoms with Crippen molar-refractivity contribution in [2.45, 2.75) is 13.0 Å². The Kier molecular flexibility index (Phi) is 5.62. The van der Waals surface area contributed by atoms with Gasteiger partial charge in [0.15, 0.2) is 0 Å². The molecule has 4 heteroatoms. The van der Waals surface area contributed by atoms with E-state index in [2.05, 4.69) is 0 Å². The average molecular weight is 307 g/mol. The fraction of sp³-hybridized carbons (Fsp3) is 0.294. The highest BCUT2D eigenvalue weighted by Gasteiger charge is 2.18. The molecule has 0 spiro atoms. The molecule has 2 aromatic carbocycles. The van der Waals surface area contributed by atoms with E-state index in [-0.39, 0.29) is 0 Å². The van der Waals surface area contributed by atoms with Crippen LogP contribution in [0.5, 0.6) is 5.75 Å². The fourth-order valence-electron chi connectivity index (χ4n) is 2.09. The number of aliphatic hydroxyl groups excluding tert-OH is 1. The molecule has 1 atom stereocenters. The number of ether oxygens (including phenoxy) is 2. The number of halogens is 1. The quantitative estimate of drug-likeness (QED) is 0.826. The lowest BCUT2D eigenvalue weighted by Crippen LogP contribution is -2.08.